The molecule has 2 aromatic carbocycles. The summed E-state index contributed by atoms with van der Waals surface area (Å²) in [6.45, 7) is 1.38. The molecule has 1 aliphatic heterocycles. The van der Waals surface area contributed by atoms with E-state index in [1.54, 1.807) is 19.2 Å². The van der Waals surface area contributed by atoms with E-state index in [4.69, 9.17) is 4.74 Å². The Morgan fingerprint density at radius 3 is 2.58 bits per heavy atom. The summed E-state index contributed by atoms with van der Waals surface area (Å²) in [6.07, 6.45) is 4.25. The number of fused-ring (bicyclic) bond motifs is 1. The summed E-state index contributed by atoms with van der Waals surface area (Å²) in [6, 6.07) is 13.8. The number of carbonyl (C=O) groups excluding carboxylic acids is 2. The fraction of sp³-hybridized carbons (Fsp3) is 0.440. The highest BCUT2D eigenvalue weighted by Gasteiger charge is 2.55. The Morgan fingerprint density at radius 2 is 1.87 bits per heavy atom. The zero-order valence-electron chi connectivity index (χ0n) is 17.9. The van der Waals surface area contributed by atoms with Crippen molar-refractivity contribution in [2.75, 3.05) is 26.8 Å². The molecule has 5 nitrogen and oxygen atoms in total. The average molecular weight is 425 g/mol. The van der Waals surface area contributed by atoms with Gasteiger partial charge in [0, 0.05) is 25.8 Å². The van der Waals surface area contributed by atoms with Crippen molar-refractivity contribution >= 4 is 11.8 Å². The Kier molecular flexibility index (Phi) is 6.37. The Balaban J connectivity index is 1.61. The molecule has 31 heavy (non-hydrogen) atoms. The molecule has 2 aliphatic rings. The fourth-order valence-corrected chi connectivity index (χ4v) is 5.26. The van der Waals surface area contributed by atoms with Crippen LogP contribution in [0.15, 0.2) is 48.5 Å². The van der Waals surface area contributed by atoms with Crippen LogP contribution in [0.1, 0.15) is 53.1 Å². The first-order valence-electron chi connectivity index (χ1n) is 11.0. The number of nitrogens with zero attached hydrogens (tertiary/aromatic N) is 1. The largest absolute Gasteiger partial charge is 0.383 e. The lowest BCUT2D eigenvalue weighted by molar-refractivity contribution is -0.126. The number of carbonyl (C=O) groups is 2. The minimum absolute atomic E-state index is 0.00934. The van der Waals surface area contributed by atoms with Gasteiger partial charge in [-0.15, -0.1) is 0 Å². The zero-order valence-corrected chi connectivity index (χ0v) is 17.9. The minimum atomic E-state index is -0.510. The fourth-order valence-electron chi connectivity index (χ4n) is 5.26. The molecule has 1 atom stereocenters. The summed E-state index contributed by atoms with van der Waals surface area (Å²) in [5, 5.41) is 3.10. The second kappa shape index (κ2) is 9.18. The predicted octanol–water partition coefficient (Wildman–Crippen LogP) is 3.68. The third-order valence-electron chi connectivity index (χ3n) is 6.70. The Labute approximate surface area is 182 Å². The highest BCUT2D eigenvalue weighted by Crippen LogP contribution is 2.50. The van der Waals surface area contributed by atoms with Crippen LogP contribution >= 0.6 is 0 Å². The molecule has 0 bridgehead atoms. The number of ether oxygens (including phenoxy) is 1. The highest BCUT2D eigenvalue weighted by molar-refractivity contribution is 6.02. The summed E-state index contributed by atoms with van der Waals surface area (Å²) in [5.74, 6) is -0.735. The second-order valence-electron chi connectivity index (χ2n) is 8.45. The summed E-state index contributed by atoms with van der Waals surface area (Å²) >= 11 is 0. The maximum absolute atomic E-state index is 13.6. The molecule has 0 unspecified atom stereocenters. The number of hydrogen-bond acceptors (Lipinski definition) is 3. The number of amides is 2. The maximum atomic E-state index is 13.6. The van der Waals surface area contributed by atoms with Gasteiger partial charge in [0.2, 0.25) is 5.91 Å². The van der Waals surface area contributed by atoms with Gasteiger partial charge in [0.15, 0.2) is 0 Å². The quantitative estimate of drug-likeness (QED) is 0.738. The second-order valence-corrected chi connectivity index (χ2v) is 8.45. The first-order chi connectivity index (χ1) is 15.1. The highest BCUT2D eigenvalue weighted by atomic mass is 19.1. The van der Waals surface area contributed by atoms with Crippen LogP contribution < -0.4 is 5.32 Å². The number of nitrogens with one attached hydrogen (secondary N) is 1. The summed E-state index contributed by atoms with van der Waals surface area (Å²) in [5.41, 5.74) is 1.89. The van der Waals surface area contributed by atoms with Crippen molar-refractivity contribution in [2.45, 2.75) is 43.6 Å². The van der Waals surface area contributed by atoms with Gasteiger partial charge in [-0.3, -0.25) is 9.59 Å². The van der Waals surface area contributed by atoms with Gasteiger partial charge in [-0.05, 0) is 48.6 Å². The lowest BCUT2D eigenvalue weighted by Gasteiger charge is -2.50. The van der Waals surface area contributed by atoms with Crippen molar-refractivity contribution in [1.82, 2.24) is 10.2 Å². The van der Waals surface area contributed by atoms with E-state index in [-0.39, 0.29) is 17.6 Å². The van der Waals surface area contributed by atoms with Crippen molar-refractivity contribution in [2.24, 2.45) is 0 Å². The van der Waals surface area contributed by atoms with Gasteiger partial charge in [-0.25, -0.2) is 4.39 Å². The van der Waals surface area contributed by atoms with E-state index in [0.717, 1.165) is 36.8 Å². The molecule has 1 spiro atoms. The van der Waals surface area contributed by atoms with Crippen molar-refractivity contribution in [3.8, 4) is 0 Å². The van der Waals surface area contributed by atoms with Crippen LogP contribution in [0.25, 0.3) is 0 Å². The maximum Gasteiger partial charge on any atom is 0.254 e. The van der Waals surface area contributed by atoms with Crippen molar-refractivity contribution in [3.05, 3.63) is 71.0 Å². The number of benzene rings is 2. The third-order valence-corrected chi connectivity index (χ3v) is 6.70. The standard InChI is InChI=1S/C25H29FN2O3/c1-31-17-16-28-24(30)21-7-3-2-6-20(21)22(25(28)13-4-5-14-25)23(29)27-15-12-18-8-10-19(26)11-9-18/h2-3,6-11,22H,4-5,12-17H2,1H3,(H,27,29)/t22-/m1/s1. The molecule has 6 heteroatoms. The van der Waals surface area contributed by atoms with E-state index >= 15 is 0 Å². The average Bonchev–Trinajstić information content (AvgIpc) is 3.25. The van der Waals surface area contributed by atoms with Gasteiger partial charge < -0.3 is 15.0 Å². The normalized spacial score (nSPS) is 19.5. The topological polar surface area (TPSA) is 58.6 Å². The van der Waals surface area contributed by atoms with E-state index < -0.39 is 11.5 Å². The molecular formula is C25H29FN2O3. The molecule has 4 rings (SSSR count). The Hall–Kier alpha value is -2.73. The first kappa shape index (κ1) is 21.5. The molecule has 1 saturated carbocycles. The lowest BCUT2D eigenvalue weighted by atomic mass is 9.71. The molecule has 164 valence electrons. The van der Waals surface area contributed by atoms with Gasteiger partial charge in [-0.2, -0.15) is 0 Å². The van der Waals surface area contributed by atoms with E-state index in [1.807, 2.05) is 29.2 Å². The molecule has 0 aromatic heterocycles. The lowest BCUT2D eigenvalue weighted by Crippen LogP contribution is -2.61. The van der Waals surface area contributed by atoms with E-state index in [1.165, 1.54) is 12.1 Å². The summed E-state index contributed by atoms with van der Waals surface area (Å²) < 4.78 is 18.4. The van der Waals surface area contributed by atoms with Crippen molar-refractivity contribution in [3.63, 3.8) is 0 Å². The monoisotopic (exact) mass is 424 g/mol. The third kappa shape index (κ3) is 4.09. The predicted molar refractivity (Wildman–Crippen MR) is 116 cm³/mol. The Morgan fingerprint density at radius 1 is 1.16 bits per heavy atom. The van der Waals surface area contributed by atoms with Crippen LogP contribution in [-0.4, -0.2) is 49.1 Å². The molecule has 2 amide bonds. The van der Waals surface area contributed by atoms with Crippen LogP contribution in [0.4, 0.5) is 4.39 Å². The van der Waals surface area contributed by atoms with Crippen LogP contribution in [0.3, 0.4) is 0 Å². The van der Waals surface area contributed by atoms with E-state index in [0.29, 0.717) is 31.7 Å². The molecule has 1 fully saturated rings. The van der Waals surface area contributed by atoms with E-state index in [2.05, 4.69) is 5.32 Å². The molecular weight excluding hydrogens is 395 g/mol. The molecule has 2 aromatic rings. The number of halogens is 1. The minimum Gasteiger partial charge on any atom is -0.383 e. The van der Waals surface area contributed by atoms with Gasteiger partial charge in [0.05, 0.1) is 18.1 Å². The van der Waals surface area contributed by atoms with Gasteiger partial charge in [-0.1, -0.05) is 43.2 Å². The SMILES string of the molecule is COCCN1C(=O)c2ccccc2[C@H](C(=O)NCCc2ccc(F)cc2)C12CCCC2. The molecule has 1 heterocycles. The number of rotatable bonds is 7. The number of methoxy groups -OCH3 is 1. The van der Waals surface area contributed by atoms with Crippen LogP contribution in [0, 0.1) is 5.82 Å². The van der Waals surface area contributed by atoms with Crippen molar-refractivity contribution < 1.29 is 18.7 Å². The van der Waals surface area contributed by atoms with E-state index in [9.17, 15) is 14.0 Å². The van der Waals surface area contributed by atoms with Crippen molar-refractivity contribution in [1.29, 1.82) is 0 Å². The number of hydrogen-bond donors (Lipinski definition) is 1. The van der Waals surface area contributed by atoms with Gasteiger partial charge in [0.25, 0.3) is 5.91 Å². The smallest absolute Gasteiger partial charge is 0.254 e. The first-order valence-corrected chi connectivity index (χ1v) is 11.0. The molecule has 0 saturated heterocycles. The Bertz CT molecular complexity index is 938. The summed E-state index contributed by atoms with van der Waals surface area (Å²) in [4.78, 5) is 28.8. The van der Waals surface area contributed by atoms with Gasteiger partial charge in [0.1, 0.15) is 5.82 Å². The van der Waals surface area contributed by atoms with Crippen LogP contribution in [-0.2, 0) is 16.0 Å². The van der Waals surface area contributed by atoms with Gasteiger partial charge >= 0.3 is 0 Å². The summed E-state index contributed by atoms with van der Waals surface area (Å²) in [7, 11) is 1.63. The molecule has 0 radical (unpaired) electrons. The zero-order chi connectivity index (χ0) is 21.8. The molecule has 1 N–H and O–H groups in total. The van der Waals surface area contributed by atoms with Crippen LogP contribution in [0.2, 0.25) is 0 Å². The molecule has 1 aliphatic carbocycles. The van der Waals surface area contributed by atoms with Crippen LogP contribution in [0.5, 0.6) is 0 Å².